The van der Waals surface area contributed by atoms with Crippen LogP contribution in [0.2, 0.25) is 0 Å². The van der Waals surface area contributed by atoms with E-state index in [-0.39, 0.29) is 48.5 Å². The smallest absolute Gasteiger partial charge is 0.306 e. The molecule has 7 rings (SSSR count). The Morgan fingerprint density at radius 1 is 0.762 bits per heavy atom. The van der Waals surface area contributed by atoms with Gasteiger partial charge in [0.05, 0.1) is 18.4 Å². The predicted octanol–water partition coefficient (Wildman–Crippen LogP) is 5.02. The molecule has 3 amide bonds. The molecular formula is C34H34N2O6. The molecule has 0 saturated carbocycles. The standard InChI is InChI=1S/C34H34N2O6/c1-2-41-22-17-15-21(16-18-22)35-27(37)20-42-28(38)14-4-3-9-19-36-33(39)31-29-23-10-5-6-11-24(23)30(32(31)34(36)40)26-13-8-7-12-25(26)29/h5-8,10-13,15-18,29-32H,2-4,9,14,19-20H2,1H3,(H,35,37)/t29?,30?,31-,32-/m1/s1. The summed E-state index contributed by atoms with van der Waals surface area (Å²) in [6.45, 7) is 2.43. The first-order valence-corrected chi connectivity index (χ1v) is 14.7. The van der Waals surface area contributed by atoms with Crippen molar-refractivity contribution in [1.29, 1.82) is 0 Å². The molecule has 0 aromatic heterocycles. The molecule has 3 aromatic rings. The molecule has 8 heteroatoms. The van der Waals surface area contributed by atoms with Gasteiger partial charge in [-0.2, -0.15) is 0 Å². The number of carbonyl (C=O) groups is 4. The molecule has 4 aliphatic rings. The van der Waals surface area contributed by atoms with Crippen molar-refractivity contribution in [3.8, 4) is 5.75 Å². The zero-order valence-corrected chi connectivity index (χ0v) is 23.6. The summed E-state index contributed by atoms with van der Waals surface area (Å²) in [5.74, 6) is -1.26. The number of carbonyl (C=O) groups excluding carboxylic acids is 4. The molecule has 42 heavy (non-hydrogen) atoms. The molecule has 3 aliphatic carbocycles. The number of anilines is 1. The van der Waals surface area contributed by atoms with E-state index in [4.69, 9.17) is 9.47 Å². The van der Waals surface area contributed by atoms with Gasteiger partial charge in [0.25, 0.3) is 5.91 Å². The number of hydrogen-bond donors (Lipinski definition) is 1. The molecule has 1 fully saturated rings. The molecule has 216 valence electrons. The van der Waals surface area contributed by atoms with Gasteiger partial charge in [0.1, 0.15) is 5.75 Å². The number of ether oxygens (including phenoxy) is 2. The number of likely N-dealkylation sites (tertiary alicyclic amines) is 1. The number of hydrogen-bond acceptors (Lipinski definition) is 6. The molecule has 2 atom stereocenters. The number of amides is 3. The topological polar surface area (TPSA) is 102 Å². The zero-order chi connectivity index (χ0) is 29.2. The van der Waals surface area contributed by atoms with Crippen LogP contribution in [0.3, 0.4) is 0 Å². The normalized spacial score (nSPS) is 21.4. The highest BCUT2D eigenvalue weighted by atomic mass is 16.5. The van der Waals surface area contributed by atoms with E-state index in [1.807, 2.05) is 31.2 Å². The van der Waals surface area contributed by atoms with Gasteiger partial charge in [0, 0.05) is 30.5 Å². The van der Waals surface area contributed by atoms with Gasteiger partial charge in [-0.1, -0.05) is 55.0 Å². The van der Waals surface area contributed by atoms with E-state index in [9.17, 15) is 19.2 Å². The summed E-state index contributed by atoms with van der Waals surface area (Å²) in [4.78, 5) is 53.0. The molecule has 1 saturated heterocycles. The molecule has 0 spiro atoms. The second kappa shape index (κ2) is 11.8. The number of esters is 1. The van der Waals surface area contributed by atoms with Crippen LogP contribution in [0, 0.1) is 11.8 Å². The van der Waals surface area contributed by atoms with Gasteiger partial charge in [-0.3, -0.25) is 24.1 Å². The number of nitrogens with zero attached hydrogens (tertiary/aromatic N) is 1. The lowest BCUT2D eigenvalue weighted by atomic mass is 9.55. The first-order chi connectivity index (χ1) is 20.5. The molecule has 3 aromatic carbocycles. The van der Waals surface area contributed by atoms with Crippen molar-refractivity contribution >= 4 is 29.4 Å². The maximum absolute atomic E-state index is 13.6. The summed E-state index contributed by atoms with van der Waals surface area (Å²) in [6.07, 6.45) is 1.98. The lowest BCUT2D eigenvalue weighted by molar-refractivity contribution is -0.147. The highest BCUT2D eigenvalue weighted by molar-refractivity contribution is 6.07. The van der Waals surface area contributed by atoms with Gasteiger partial charge in [0.2, 0.25) is 11.8 Å². The van der Waals surface area contributed by atoms with Crippen molar-refractivity contribution in [3.63, 3.8) is 0 Å². The van der Waals surface area contributed by atoms with Crippen LogP contribution in [0.1, 0.15) is 66.7 Å². The first kappa shape index (κ1) is 27.7. The third kappa shape index (κ3) is 5.06. The van der Waals surface area contributed by atoms with Crippen molar-refractivity contribution in [3.05, 3.63) is 95.1 Å². The van der Waals surface area contributed by atoms with Crippen LogP contribution in [0.5, 0.6) is 5.75 Å². The molecule has 2 bridgehead atoms. The van der Waals surface area contributed by atoms with Crippen molar-refractivity contribution in [2.75, 3.05) is 25.1 Å². The second-order valence-corrected chi connectivity index (χ2v) is 11.1. The quantitative estimate of drug-likeness (QED) is 0.199. The summed E-state index contributed by atoms with van der Waals surface area (Å²) in [5.41, 5.74) is 5.25. The Morgan fingerprint density at radius 3 is 1.83 bits per heavy atom. The van der Waals surface area contributed by atoms with Crippen LogP contribution in [0.4, 0.5) is 5.69 Å². The van der Waals surface area contributed by atoms with Crippen LogP contribution in [-0.4, -0.2) is 48.3 Å². The van der Waals surface area contributed by atoms with Crippen LogP contribution in [-0.2, 0) is 23.9 Å². The average Bonchev–Trinajstić information content (AvgIpc) is 3.26. The number of imide groups is 1. The van der Waals surface area contributed by atoms with Gasteiger partial charge in [-0.15, -0.1) is 0 Å². The maximum atomic E-state index is 13.6. The maximum Gasteiger partial charge on any atom is 0.306 e. The Morgan fingerprint density at radius 2 is 1.31 bits per heavy atom. The largest absolute Gasteiger partial charge is 0.494 e. The fraction of sp³-hybridized carbons (Fsp3) is 0.353. The van der Waals surface area contributed by atoms with E-state index >= 15 is 0 Å². The fourth-order valence-electron chi connectivity index (χ4n) is 6.89. The van der Waals surface area contributed by atoms with Crippen molar-refractivity contribution in [2.45, 2.75) is 44.4 Å². The van der Waals surface area contributed by atoms with Gasteiger partial charge in [0.15, 0.2) is 6.61 Å². The van der Waals surface area contributed by atoms with E-state index in [0.717, 1.165) is 22.3 Å². The van der Waals surface area contributed by atoms with E-state index in [1.54, 1.807) is 24.3 Å². The van der Waals surface area contributed by atoms with Gasteiger partial charge in [-0.05, 0) is 66.3 Å². The fourth-order valence-corrected chi connectivity index (χ4v) is 6.89. The molecule has 0 unspecified atom stereocenters. The van der Waals surface area contributed by atoms with Crippen LogP contribution < -0.4 is 10.1 Å². The minimum absolute atomic E-state index is 0.0815. The number of unbranched alkanes of at least 4 members (excludes halogenated alkanes) is 2. The molecule has 1 N–H and O–H groups in total. The highest BCUT2D eigenvalue weighted by Crippen LogP contribution is 2.60. The second-order valence-electron chi connectivity index (χ2n) is 11.1. The van der Waals surface area contributed by atoms with E-state index in [2.05, 4.69) is 29.6 Å². The zero-order valence-electron chi connectivity index (χ0n) is 23.6. The van der Waals surface area contributed by atoms with Gasteiger partial charge in [-0.25, -0.2) is 0 Å². The lowest BCUT2D eigenvalue weighted by Crippen LogP contribution is -2.41. The molecule has 1 aliphatic heterocycles. The Hall–Kier alpha value is -4.46. The van der Waals surface area contributed by atoms with Crippen LogP contribution in [0.15, 0.2) is 72.8 Å². The minimum Gasteiger partial charge on any atom is -0.494 e. The van der Waals surface area contributed by atoms with Gasteiger partial charge < -0.3 is 14.8 Å². The van der Waals surface area contributed by atoms with Gasteiger partial charge >= 0.3 is 5.97 Å². The van der Waals surface area contributed by atoms with Crippen molar-refractivity contribution < 1.29 is 28.7 Å². The summed E-state index contributed by atoms with van der Waals surface area (Å²) >= 11 is 0. The van der Waals surface area contributed by atoms with E-state index < -0.39 is 11.9 Å². The summed E-state index contributed by atoms with van der Waals surface area (Å²) in [7, 11) is 0. The predicted molar refractivity (Wildman–Crippen MR) is 156 cm³/mol. The molecule has 8 nitrogen and oxygen atoms in total. The lowest BCUT2D eigenvalue weighted by Gasteiger charge is -2.45. The minimum atomic E-state index is -0.455. The van der Waals surface area contributed by atoms with E-state index in [1.165, 1.54) is 4.90 Å². The Balaban J connectivity index is 0.972. The Labute approximate surface area is 245 Å². The number of nitrogens with one attached hydrogen (secondary N) is 1. The Bertz CT molecular complexity index is 1400. The summed E-state index contributed by atoms with van der Waals surface area (Å²) in [5, 5.41) is 2.68. The third-order valence-corrected chi connectivity index (χ3v) is 8.62. The molecule has 1 heterocycles. The monoisotopic (exact) mass is 566 g/mol. The van der Waals surface area contributed by atoms with Crippen LogP contribution in [0.25, 0.3) is 0 Å². The summed E-state index contributed by atoms with van der Waals surface area (Å²) < 4.78 is 10.5. The van der Waals surface area contributed by atoms with Crippen molar-refractivity contribution in [2.24, 2.45) is 11.8 Å². The molecular weight excluding hydrogens is 532 g/mol. The van der Waals surface area contributed by atoms with E-state index in [0.29, 0.717) is 43.9 Å². The Kier molecular flexibility index (Phi) is 7.78. The third-order valence-electron chi connectivity index (χ3n) is 8.62. The first-order valence-electron chi connectivity index (χ1n) is 14.7. The number of benzene rings is 3. The molecule has 0 radical (unpaired) electrons. The number of rotatable bonds is 11. The SMILES string of the molecule is CCOc1ccc(NC(=O)COC(=O)CCCCCN2C(=O)[C@@H]3C4c5ccccc5C(c5ccccc54)[C@H]3C2=O)cc1. The van der Waals surface area contributed by atoms with Crippen LogP contribution >= 0.6 is 0 Å². The average molecular weight is 567 g/mol. The van der Waals surface area contributed by atoms with Crippen molar-refractivity contribution in [1.82, 2.24) is 4.90 Å². The highest BCUT2D eigenvalue weighted by Gasteiger charge is 2.61. The summed E-state index contributed by atoms with van der Waals surface area (Å²) in [6, 6.07) is 23.4.